The third-order valence-corrected chi connectivity index (χ3v) is 4.40. The molecule has 1 fully saturated rings. The van der Waals surface area contributed by atoms with Crippen molar-refractivity contribution in [1.29, 1.82) is 0 Å². The van der Waals surface area contributed by atoms with Gasteiger partial charge in [-0.15, -0.1) is 0 Å². The Morgan fingerprint density at radius 2 is 2.05 bits per heavy atom. The van der Waals surface area contributed by atoms with Crippen molar-refractivity contribution >= 4 is 11.6 Å². The molecule has 0 saturated heterocycles. The van der Waals surface area contributed by atoms with Gasteiger partial charge in [0.2, 0.25) is 5.91 Å². The topological polar surface area (TPSA) is 29.1 Å². The van der Waals surface area contributed by atoms with Crippen LogP contribution in [0, 0.1) is 23.5 Å². The number of rotatable bonds is 1. The number of carbonyl (C=O) groups excluding carboxylic acids is 1. The van der Waals surface area contributed by atoms with Crippen LogP contribution < -0.4 is 5.32 Å². The Labute approximate surface area is 111 Å². The molecule has 3 rings (SSSR count). The van der Waals surface area contributed by atoms with Crippen molar-refractivity contribution in [3.05, 3.63) is 29.3 Å². The highest BCUT2D eigenvalue weighted by atomic mass is 19.1. The van der Waals surface area contributed by atoms with Gasteiger partial charge in [-0.05, 0) is 36.3 Å². The Morgan fingerprint density at radius 3 is 2.79 bits per heavy atom. The van der Waals surface area contributed by atoms with Crippen LogP contribution in [-0.4, -0.2) is 5.91 Å². The van der Waals surface area contributed by atoms with Crippen LogP contribution in [0.3, 0.4) is 0 Å². The van der Waals surface area contributed by atoms with E-state index in [0.29, 0.717) is 11.5 Å². The maximum absolute atomic E-state index is 13.7. The monoisotopic (exact) mass is 265 g/mol. The third kappa shape index (κ3) is 2.13. The Bertz CT molecular complexity index is 529. The molecule has 1 aliphatic carbocycles. The van der Waals surface area contributed by atoms with Crippen molar-refractivity contribution in [2.45, 2.75) is 38.5 Å². The molecule has 0 spiro atoms. The molecule has 19 heavy (non-hydrogen) atoms. The number of fused-ring (bicyclic) bond motifs is 1. The number of amides is 1. The lowest BCUT2D eigenvalue weighted by Gasteiger charge is -2.30. The highest BCUT2D eigenvalue weighted by Gasteiger charge is 2.39. The molecule has 1 amide bonds. The van der Waals surface area contributed by atoms with Gasteiger partial charge in [0.05, 0.1) is 11.6 Å². The fourth-order valence-corrected chi connectivity index (χ4v) is 3.56. The van der Waals surface area contributed by atoms with Gasteiger partial charge in [-0.1, -0.05) is 19.8 Å². The molecule has 0 radical (unpaired) electrons. The molecule has 102 valence electrons. The summed E-state index contributed by atoms with van der Waals surface area (Å²) >= 11 is 0. The lowest BCUT2D eigenvalue weighted by molar-refractivity contribution is -0.118. The van der Waals surface area contributed by atoms with E-state index in [4.69, 9.17) is 0 Å². The van der Waals surface area contributed by atoms with Gasteiger partial charge >= 0.3 is 0 Å². The first-order chi connectivity index (χ1) is 9.06. The normalized spacial score (nSPS) is 30.1. The van der Waals surface area contributed by atoms with Gasteiger partial charge in [0.25, 0.3) is 0 Å². The second-order valence-electron chi connectivity index (χ2n) is 5.85. The predicted octanol–water partition coefficient (Wildman–Crippen LogP) is 3.83. The minimum absolute atomic E-state index is 0.176. The van der Waals surface area contributed by atoms with Crippen molar-refractivity contribution in [3.63, 3.8) is 0 Å². The van der Waals surface area contributed by atoms with Crippen LogP contribution in [0.1, 0.15) is 44.1 Å². The van der Waals surface area contributed by atoms with Gasteiger partial charge in [0.15, 0.2) is 0 Å². The van der Waals surface area contributed by atoms with E-state index in [1.54, 1.807) is 0 Å². The van der Waals surface area contributed by atoms with E-state index < -0.39 is 11.6 Å². The number of halogens is 2. The number of anilines is 1. The summed E-state index contributed by atoms with van der Waals surface area (Å²) in [5.74, 6) is -1.07. The van der Waals surface area contributed by atoms with Crippen LogP contribution in [0.25, 0.3) is 0 Å². The first-order valence-electron chi connectivity index (χ1n) is 6.86. The van der Waals surface area contributed by atoms with Crippen LogP contribution in [0.2, 0.25) is 0 Å². The number of hydrogen-bond acceptors (Lipinski definition) is 1. The zero-order valence-electron chi connectivity index (χ0n) is 10.9. The van der Waals surface area contributed by atoms with E-state index in [0.717, 1.165) is 25.3 Å². The molecule has 1 heterocycles. The molecular formula is C15H17F2NO. The quantitative estimate of drug-likeness (QED) is 0.821. The largest absolute Gasteiger partial charge is 0.323 e. The standard InChI is InChI=1S/C15H17F2NO/c1-8-3-2-4-9(5-8)13-11-6-10(16)7-12(17)14(11)18-15(13)19/h6-9,13H,2-5H2,1H3,(H,18,19). The molecule has 2 nitrogen and oxygen atoms in total. The second-order valence-corrected chi connectivity index (χ2v) is 5.85. The van der Waals surface area contributed by atoms with E-state index >= 15 is 0 Å². The van der Waals surface area contributed by atoms with E-state index in [1.807, 2.05) is 0 Å². The Hall–Kier alpha value is -1.45. The van der Waals surface area contributed by atoms with Gasteiger partial charge in [-0.2, -0.15) is 0 Å². The highest BCUT2D eigenvalue weighted by Crippen LogP contribution is 2.45. The minimum atomic E-state index is -0.672. The van der Waals surface area contributed by atoms with E-state index in [9.17, 15) is 13.6 Å². The molecule has 3 atom stereocenters. The molecule has 2 aliphatic rings. The summed E-state index contributed by atoms with van der Waals surface area (Å²) < 4.78 is 27.1. The molecule has 1 saturated carbocycles. The lowest BCUT2D eigenvalue weighted by Crippen LogP contribution is -2.25. The summed E-state index contributed by atoms with van der Waals surface area (Å²) in [6.45, 7) is 2.17. The zero-order valence-corrected chi connectivity index (χ0v) is 10.9. The summed E-state index contributed by atoms with van der Waals surface area (Å²) in [4.78, 5) is 12.1. The predicted molar refractivity (Wildman–Crippen MR) is 68.9 cm³/mol. The Morgan fingerprint density at radius 1 is 1.26 bits per heavy atom. The van der Waals surface area contributed by atoms with Crippen molar-refractivity contribution in [2.75, 3.05) is 5.32 Å². The van der Waals surface area contributed by atoms with Gasteiger partial charge in [-0.3, -0.25) is 4.79 Å². The number of benzene rings is 1. The van der Waals surface area contributed by atoms with Crippen molar-refractivity contribution in [2.24, 2.45) is 11.8 Å². The molecule has 1 N–H and O–H groups in total. The van der Waals surface area contributed by atoms with E-state index in [2.05, 4.69) is 12.2 Å². The van der Waals surface area contributed by atoms with Gasteiger partial charge < -0.3 is 5.32 Å². The van der Waals surface area contributed by atoms with Crippen LogP contribution in [0.4, 0.5) is 14.5 Å². The second kappa shape index (κ2) is 4.58. The molecule has 1 aromatic carbocycles. The SMILES string of the molecule is CC1CCCC(C2C(=O)Nc3c(F)cc(F)cc32)C1. The van der Waals surface area contributed by atoms with Crippen LogP contribution in [0.5, 0.6) is 0 Å². The third-order valence-electron chi connectivity index (χ3n) is 4.40. The first-order valence-corrected chi connectivity index (χ1v) is 6.86. The fraction of sp³-hybridized carbons (Fsp3) is 0.533. The number of nitrogens with one attached hydrogen (secondary N) is 1. The zero-order chi connectivity index (χ0) is 13.6. The number of carbonyl (C=O) groups is 1. The summed E-state index contributed by atoms with van der Waals surface area (Å²) in [5.41, 5.74) is 0.677. The molecule has 4 heteroatoms. The first kappa shape index (κ1) is 12.6. The van der Waals surface area contributed by atoms with Crippen LogP contribution in [-0.2, 0) is 4.79 Å². The summed E-state index contributed by atoms with van der Waals surface area (Å²) in [5, 5.41) is 2.57. The number of hydrogen-bond donors (Lipinski definition) is 1. The smallest absolute Gasteiger partial charge is 0.232 e. The summed E-state index contributed by atoms with van der Waals surface area (Å²) in [6, 6.07) is 2.13. The Kier molecular flexibility index (Phi) is 3.03. The van der Waals surface area contributed by atoms with Crippen molar-refractivity contribution in [1.82, 2.24) is 0 Å². The van der Waals surface area contributed by atoms with Crippen molar-refractivity contribution < 1.29 is 13.6 Å². The van der Waals surface area contributed by atoms with Crippen LogP contribution in [0.15, 0.2) is 12.1 Å². The fourth-order valence-electron chi connectivity index (χ4n) is 3.56. The van der Waals surface area contributed by atoms with E-state index in [-0.39, 0.29) is 23.4 Å². The average Bonchev–Trinajstić information content (AvgIpc) is 2.66. The average molecular weight is 265 g/mol. The maximum atomic E-state index is 13.7. The Balaban J connectivity index is 1.98. The molecule has 0 aromatic heterocycles. The van der Waals surface area contributed by atoms with Gasteiger partial charge in [0.1, 0.15) is 11.6 Å². The molecule has 1 aromatic rings. The highest BCUT2D eigenvalue weighted by molar-refractivity contribution is 6.03. The van der Waals surface area contributed by atoms with Gasteiger partial charge in [-0.25, -0.2) is 8.78 Å². The molecular weight excluding hydrogens is 248 g/mol. The molecule has 1 aliphatic heterocycles. The molecule has 0 bridgehead atoms. The minimum Gasteiger partial charge on any atom is -0.323 e. The van der Waals surface area contributed by atoms with E-state index in [1.165, 1.54) is 12.5 Å². The molecule has 3 unspecified atom stereocenters. The van der Waals surface area contributed by atoms with Crippen LogP contribution >= 0.6 is 0 Å². The van der Waals surface area contributed by atoms with Crippen molar-refractivity contribution in [3.8, 4) is 0 Å². The lowest BCUT2D eigenvalue weighted by atomic mass is 9.74. The summed E-state index contributed by atoms with van der Waals surface area (Å²) in [7, 11) is 0. The summed E-state index contributed by atoms with van der Waals surface area (Å²) in [6.07, 6.45) is 4.17. The van der Waals surface area contributed by atoms with Gasteiger partial charge in [0, 0.05) is 6.07 Å². The maximum Gasteiger partial charge on any atom is 0.232 e.